The van der Waals surface area contributed by atoms with Gasteiger partial charge in [-0.25, -0.2) is 0 Å². The maximum atomic E-state index is 13.2. The SMILES string of the molecule is CC/C=C\C/C=C\C/C=C\C/C=C\C/C=C\C/C=C\C/C=C\C/C=C\C/C=C\CCCCCCCCCCCCCC(=O)NC(COC1OC(CO)C(OC2OC(CO)C(O)C(O)C2O)C(O)C1O)C(O)/C=C/CC/C=C/CCCCC. The molecule has 0 saturated carbocycles. The number of allylic oxidation sites excluding steroid dienone is 21. The predicted octanol–water partition coefficient (Wildman–Crippen LogP) is 11.6. The zero-order valence-electron chi connectivity index (χ0n) is 50.2. The number of aliphatic hydroxyl groups excluding tert-OH is 8. The van der Waals surface area contributed by atoms with E-state index < -0.39 is 86.8 Å². The number of hydrogen-bond acceptors (Lipinski definition) is 13. The van der Waals surface area contributed by atoms with Crippen LogP contribution in [0, 0.1) is 0 Å². The zero-order valence-corrected chi connectivity index (χ0v) is 50.2. The molecule has 2 heterocycles. The lowest BCUT2D eigenvalue weighted by Gasteiger charge is -2.46. The first-order chi connectivity index (χ1) is 40.1. The largest absolute Gasteiger partial charge is 0.394 e. The van der Waals surface area contributed by atoms with Gasteiger partial charge >= 0.3 is 0 Å². The molecule has 0 aromatic rings. The number of rotatable bonds is 48. The van der Waals surface area contributed by atoms with Crippen molar-refractivity contribution in [2.45, 2.75) is 267 Å². The average molecular weight is 1150 g/mol. The van der Waals surface area contributed by atoms with Crippen LogP contribution in [0.1, 0.15) is 194 Å². The maximum absolute atomic E-state index is 13.2. The minimum atomic E-state index is -1.80. The fourth-order valence-electron chi connectivity index (χ4n) is 9.30. The van der Waals surface area contributed by atoms with Crippen molar-refractivity contribution in [1.29, 1.82) is 0 Å². The third kappa shape index (κ3) is 36.1. The summed E-state index contributed by atoms with van der Waals surface area (Å²) >= 11 is 0. The Labute approximate surface area is 494 Å². The van der Waals surface area contributed by atoms with Crippen LogP contribution >= 0.6 is 0 Å². The number of hydrogen-bond donors (Lipinski definition) is 9. The summed E-state index contributed by atoms with van der Waals surface area (Å²) in [5.74, 6) is -0.262. The molecule has 2 aliphatic rings. The van der Waals surface area contributed by atoms with Gasteiger partial charge in [-0.15, -0.1) is 0 Å². The first-order valence-electron chi connectivity index (χ1n) is 31.4. The van der Waals surface area contributed by atoms with Crippen molar-refractivity contribution in [2.24, 2.45) is 0 Å². The normalized spacial score (nSPS) is 24.9. The van der Waals surface area contributed by atoms with E-state index in [0.29, 0.717) is 12.8 Å². The molecule has 2 saturated heterocycles. The number of ether oxygens (including phenoxy) is 4. The summed E-state index contributed by atoms with van der Waals surface area (Å²) in [4.78, 5) is 13.2. The van der Waals surface area contributed by atoms with Crippen molar-refractivity contribution < 1.29 is 64.6 Å². The van der Waals surface area contributed by atoms with Gasteiger partial charge in [-0.3, -0.25) is 4.79 Å². The van der Waals surface area contributed by atoms with E-state index in [0.717, 1.165) is 103 Å². The molecule has 2 rings (SSSR count). The summed E-state index contributed by atoms with van der Waals surface area (Å²) in [5, 5.41) is 86.8. The molecule has 82 heavy (non-hydrogen) atoms. The molecule has 12 unspecified atom stereocenters. The van der Waals surface area contributed by atoms with E-state index in [9.17, 15) is 45.6 Å². The van der Waals surface area contributed by atoms with Crippen LogP contribution in [0.15, 0.2) is 134 Å². The van der Waals surface area contributed by atoms with Gasteiger partial charge in [-0.1, -0.05) is 218 Å². The summed E-state index contributed by atoms with van der Waals surface area (Å²) in [5.41, 5.74) is 0. The maximum Gasteiger partial charge on any atom is 0.220 e. The third-order valence-corrected chi connectivity index (χ3v) is 14.3. The zero-order chi connectivity index (χ0) is 59.5. The van der Waals surface area contributed by atoms with Gasteiger partial charge in [0, 0.05) is 6.42 Å². The number of unbranched alkanes of at least 4 members (excludes halogenated alkanes) is 15. The van der Waals surface area contributed by atoms with Crippen LogP contribution < -0.4 is 5.32 Å². The van der Waals surface area contributed by atoms with E-state index in [1.165, 1.54) is 57.8 Å². The molecule has 0 spiro atoms. The van der Waals surface area contributed by atoms with E-state index in [-0.39, 0.29) is 18.9 Å². The van der Waals surface area contributed by atoms with Crippen molar-refractivity contribution in [3.63, 3.8) is 0 Å². The van der Waals surface area contributed by atoms with Crippen molar-refractivity contribution in [1.82, 2.24) is 5.32 Å². The molecular weight excluding hydrogens is 1040 g/mol. The van der Waals surface area contributed by atoms with E-state index in [1.54, 1.807) is 6.08 Å². The quantitative estimate of drug-likeness (QED) is 0.0204. The highest BCUT2D eigenvalue weighted by Crippen LogP contribution is 2.30. The first kappa shape index (κ1) is 74.2. The van der Waals surface area contributed by atoms with E-state index in [1.807, 2.05) is 6.08 Å². The first-order valence-corrected chi connectivity index (χ1v) is 31.4. The molecule has 0 aromatic heterocycles. The van der Waals surface area contributed by atoms with Gasteiger partial charge in [-0.2, -0.15) is 0 Å². The number of amides is 1. The minimum absolute atomic E-state index is 0.261. The van der Waals surface area contributed by atoms with Crippen LogP contribution in [-0.2, 0) is 23.7 Å². The third-order valence-electron chi connectivity index (χ3n) is 14.3. The Hall–Kier alpha value is -3.87. The predicted molar refractivity (Wildman–Crippen MR) is 331 cm³/mol. The molecule has 0 bridgehead atoms. The van der Waals surface area contributed by atoms with Gasteiger partial charge in [0.2, 0.25) is 5.91 Å². The fourth-order valence-corrected chi connectivity index (χ4v) is 9.30. The Morgan fingerprint density at radius 3 is 1.34 bits per heavy atom. The molecule has 0 aromatic carbocycles. The highest BCUT2D eigenvalue weighted by molar-refractivity contribution is 5.76. The molecule has 1 amide bonds. The van der Waals surface area contributed by atoms with Crippen LogP contribution in [-0.4, -0.2) is 140 Å². The number of aliphatic hydroxyl groups is 8. The molecule has 12 atom stereocenters. The molecule has 2 fully saturated rings. The lowest BCUT2D eigenvalue weighted by atomic mass is 9.97. The summed E-state index contributed by atoms with van der Waals surface area (Å²) in [6.07, 6.45) is 59.6. The van der Waals surface area contributed by atoms with Gasteiger partial charge in [0.15, 0.2) is 12.6 Å². The van der Waals surface area contributed by atoms with Crippen LogP contribution in [0.4, 0.5) is 0 Å². The number of carbonyl (C=O) groups excluding carboxylic acids is 1. The average Bonchev–Trinajstić information content (AvgIpc) is 3.38. The molecule has 14 heteroatoms. The van der Waals surface area contributed by atoms with Gasteiger partial charge in [-0.05, 0) is 103 Å². The molecule has 0 aliphatic carbocycles. The molecule has 0 radical (unpaired) electrons. The lowest BCUT2D eigenvalue weighted by molar-refractivity contribution is -0.359. The summed E-state index contributed by atoms with van der Waals surface area (Å²) in [7, 11) is 0. The van der Waals surface area contributed by atoms with Gasteiger partial charge in [0.05, 0.1) is 32.0 Å². The van der Waals surface area contributed by atoms with Crippen molar-refractivity contribution >= 4 is 5.91 Å². The molecule has 14 nitrogen and oxygen atoms in total. The highest BCUT2D eigenvalue weighted by atomic mass is 16.7. The summed E-state index contributed by atoms with van der Waals surface area (Å²) in [6.45, 7) is 2.57. The number of nitrogens with one attached hydrogen (secondary N) is 1. The van der Waals surface area contributed by atoms with Crippen LogP contribution in [0.2, 0.25) is 0 Å². The second kappa shape index (κ2) is 51.5. The Bertz CT molecular complexity index is 1880. The van der Waals surface area contributed by atoms with Crippen LogP contribution in [0.5, 0.6) is 0 Å². The molecular formula is C68H111NO13. The van der Waals surface area contributed by atoms with Crippen LogP contribution in [0.25, 0.3) is 0 Å². The van der Waals surface area contributed by atoms with Gasteiger partial charge in [0.25, 0.3) is 0 Å². The van der Waals surface area contributed by atoms with Gasteiger partial charge < -0.3 is 65.1 Å². The van der Waals surface area contributed by atoms with Crippen molar-refractivity contribution in [2.75, 3.05) is 19.8 Å². The molecule has 9 N–H and O–H groups in total. The minimum Gasteiger partial charge on any atom is -0.394 e. The Balaban J connectivity index is 1.59. The monoisotopic (exact) mass is 1150 g/mol. The molecule has 466 valence electrons. The van der Waals surface area contributed by atoms with Crippen LogP contribution in [0.3, 0.4) is 0 Å². The van der Waals surface area contributed by atoms with Crippen molar-refractivity contribution in [3.05, 3.63) is 134 Å². The highest BCUT2D eigenvalue weighted by Gasteiger charge is 2.51. The lowest BCUT2D eigenvalue weighted by Crippen LogP contribution is -2.65. The fraction of sp³-hybridized carbons (Fsp3) is 0.662. The van der Waals surface area contributed by atoms with Gasteiger partial charge in [0.1, 0.15) is 48.8 Å². The number of carbonyl (C=O) groups is 1. The molecule has 2 aliphatic heterocycles. The Morgan fingerprint density at radius 2 is 0.854 bits per heavy atom. The van der Waals surface area contributed by atoms with E-state index >= 15 is 0 Å². The standard InChI is InChI=1S/C68H111NO13/c1-3-5-7-9-11-13-14-15-16-17-18-19-20-21-22-23-24-25-26-27-28-29-30-31-32-33-34-35-36-37-38-39-40-41-42-44-46-48-50-52-60(73)69-56(57(72)51-49-47-45-43-12-10-8-6-4-2)55-79-67-65(78)63(76)66(59(54-71)81-67)82-68-64(77)62(75)61(74)58(53-70)80-68/h5,7,11-13,15-16,18-19,21-22,24-25,27-28,30-31,33-34,43,49,51,56-59,61-68,70-72,74-78H,3-4,6,8-10,14,17,20,23,26,29,32,35-42,44-48,50,52-55H2,1-2H3,(H,69,73)/b7-5-,13-11-,16-15-,19-18-,22-21-,25-24-,28-27-,31-30-,34-33-,43-12+,51-49+. The van der Waals surface area contributed by atoms with E-state index in [2.05, 4.69) is 141 Å². The second-order valence-corrected chi connectivity index (χ2v) is 21.4. The Kier molecular flexibility index (Phi) is 46.7. The smallest absolute Gasteiger partial charge is 0.220 e. The second-order valence-electron chi connectivity index (χ2n) is 21.4. The Morgan fingerprint density at radius 1 is 0.451 bits per heavy atom. The van der Waals surface area contributed by atoms with E-state index in [4.69, 9.17) is 18.9 Å². The summed E-state index contributed by atoms with van der Waals surface area (Å²) < 4.78 is 22.7. The topological polar surface area (TPSA) is 228 Å². The van der Waals surface area contributed by atoms with Crippen molar-refractivity contribution in [3.8, 4) is 0 Å². The summed E-state index contributed by atoms with van der Waals surface area (Å²) in [6, 6.07) is -0.939.